The van der Waals surface area contributed by atoms with Crippen molar-refractivity contribution in [3.05, 3.63) is 69.0 Å². The maximum absolute atomic E-state index is 12.5. The van der Waals surface area contributed by atoms with Crippen LogP contribution >= 0.6 is 0 Å². The van der Waals surface area contributed by atoms with E-state index in [0.717, 1.165) is 22.4 Å². The lowest BCUT2D eigenvalue weighted by atomic mass is 9.98. The first-order valence-electron chi connectivity index (χ1n) is 9.70. The first-order valence-corrected chi connectivity index (χ1v) is 9.70. The van der Waals surface area contributed by atoms with Crippen LogP contribution < -0.4 is 5.43 Å². The van der Waals surface area contributed by atoms with E-state index in [1.54, 1.807) is 6.92 Å². The average Bonchev–Trinajstić information content (AvgIpc) is 3.35. The zero-order valence-electron chi connectivity index (χ0n) is 16.9. The van der Waals surface area contributed by atoms with Crippen molar-refractivity contribution >= 4 is 23.3 Å². The number of carbonyl (C=O) groups excluding carboxylic acids is 1. The van der Waals surface area contributed by atoms with Gasteiger partial charge in [-0.1, -0.05) is 23.8 Å². The highest BCUT2D eigenvalue weighted by atomic mass is 16.6. The Hall–Kier alpha value is -3.46. The number of benzene rings is 1. The van der Waals surface area contributed by atoms with Crippen LogP contribution in [-0.4, -0.2) is 40.9 Å². The van der Waals surface area contributed by atoms with Gasteiger partial charge in [0.1, 0.15) is 16.6 Å². The van der Waals surface area contributed by atoms with Gasteiger partial charge < -0.3 is 9.15 Å². The monoisotopic (exact) mass is 410 g/mol. The third-order valence-electron chi connectivity index (χ3n) is 5.18. The fourth-order valence-electron chi connectivity index (χ4n) is 3.79. The van der Waals surface area contributed by atoms with Gasteiger partial charge in [-0.25, -0.2) is 5.43 Å². The predicted molar refractivity (Wildman–Crippen MR) is 110 cm³/mol. The van der Waals surface area contributed by atoms with E-state index in [1.165, 1.54) is 12.1 Å². The second kappa shape index (κ2) is 7.75. The molecule has 4 rings (SSSR count). The van der Waals surface area contributed by atoms with Crippen LogP contribution in [0.25, 0.3) is 5.70 Å². The van der Waals surface area contributed by atoms with Crippen molar-refractivity contribution in [2.45, 2.75) is 26.9 Å². The van der Waals surface area contributed by atoms with Crippen molar-refractivity contribution in [3.63, 3.8) is 0 Å². The van der Waals surface area contributed by atoms with Crippen LogP contribution in [0, 0.1) is 29.9 Å². The van der Waals surface area contributed by atoms with Gasteiger partial charge in [-0.15, -0.1) is 0 Å². The zero-order valence-corrected chi connectivity index (χ0v) is 16.9. The second-order valence-electron chi connectivity index (χ2n) is 7.26. The number of esters is 1. The van der Waals surface area contributed by atoms with Gasteiger partial charge in [0.15, 0.2) is 11.9 Å². The molecule has 2 atom stereocenters. The number of fused-ring (bicyclic) bond motifs is 1. The number of aryl methyl sites for hydroxylation is 2. The minimum atomic E-state index is -0.591. The van der Waals surface area contributed by atoms with Gasteiger partial charge in [0, 0.05) is 12.1 Å². The molecule has 1 saturated heterocycles. The fourth-order valence-corrected chi connectivity index (χ4v) is 3.79. The van der Waals surface area contributed by atoms with E-state index in [1.807, 2.05) is 37.1 Å². The fraction of sp³-hybridized carbons (Fsp3) is 0.333. The number of hydrogen-bond donors (Lipinski definition) is 1. The molecule has 9 heteroatoms. The van der Waals surface area contributed by atoms with E-state index in [4.69, 9.17) is 9.15 Å². The molecule has 1 aromatic heterocycles. The maximum Gasteiger partial charge on any atom is 0.433 e. The summed E-state index contributed by atoms with van der Waals surface area (Å²) in [7, 11) is 0. The summed E-state index contributed by atoms with van der Waals surface area (Å²) in [5, 5.41) is 12.9. The second-order valence-corrected chi connectivity index (χ2v) is 7.26. The van der Waals surface area contributed by atoms with Crippen LogP contribution in [0.2, 0.25) is 0 Å². The SMILES string of the molecule is CCOC(=O)C1CNN2C(c3ccc(C)cc3C)=CC(c3ccc([N+](=O)[O-])o3)=NC12. The smallest absolute Gasteiger partial charge is 0.433 e. The average molecular weight is 410 g/mol. The molecule has 9 nitrogen and oxygen atoms in total. The summed E-state index contributed by atoms with van der Waals surface area (Å²) in [4.78, 5) is 27.6. The van der Waals surface area contributed by atoms with Gasteiger partial charge in [-0.05, 0) is 38.5 Å². The number of allylic oxidation sites excluding steroid dienone is 1. The topological polar surface area (TPSA) is 110 Å². The van der Waals surface area contributed by atoms with Crippen molar-refractivity contribution in [2.75, 3.05) is 13.2 Å². The molecular formula is C21H22N4O5. The number of rotatable bonds is 5. The molecule has 1 N–H and O–H groups in total. The minimum Gasteiger partial charge on any atom is -0.466 e. The highest BCUT2D eigenvalue weighted by Crippen LogP contribution is 2.35. The third kappa shape index (κ3) is 3.48. The Bertz CT molecular complexity index is 1070. The van der Waals surface area contributed by atoms with Gasteiger partial charge >= 0.3 is 11.9 Å². The number of nitro groups is 1. The first-order chi connectivity index (χ1) is 14.4. The van der Waals surface area contributed by atoms with Crippen LogP contribution in [0.4, 0.5) is 5.88 Å². The lowest BCUT2D eigenvalue weighted by molar-refractivity contribution is -0.402. The zero-order chi connectivity index (χ0) is 21.4. The molecule has 0 spiro atoms. The first kappa shape index (κ1) is 19.8. The summed E-state index contributed by atoms with van der Waals surface area (Å²) >= 11 is 0. The molecule has 30 heavy (non-hydrogen) atoms. The molecule has 0 saturated carbocycles. The summed E-state index contributed by atoms with van der Waals surface area (Å²) < 4.78 is 10.6. The Morgan fingerprint density at radius 2 is 2.17 bits per heavy atom. The molecular weight excluding hydrogens is 388 g/mol. The van der Waals surface area contributed by atoms with Crippen LogP contribution in [0.5, 0.6) is 0 Å². The van der Waals surface area contributed by atoms with Crippen LogP contribution in [-0.2, 0) is 9.53 Å². The highest BCUT2D eigenvalue weighted by molar-refractivity contribution is 6.11. The number of hydrazine groups is 1. The summed E-state index contributed by atoms with van der Waals surface area (Å²) in [5.41, 5.74) is 7.68. The predicted octanol–water partition coefficient (Wildman–Crippen LogP) is 2.97. The number of nitrogens with one attached hydrogen (secondary N) is 1. The number of furan rings is 1. The summed E-state index contributed by atoms with van der Waals surface area (Å²) in [6.45, 7) is 6.45. The molecule has 0 radical (unpaired) electrons. The molecule has 2 aliphatic heterocycles. The highest BCUT2D eigenvalue weighted by Gasteiger charge is 2.43. The van der Waals surface area contributed by atoms with Crippen LogP contribution in [0.3, 0.4) is 0 Å². The van der Waals surface area contributed by atoms with Gasteiger partial charge in [0.25, 0.3) is 0 Å². The summed E-state index contributed by atoms with van der Waals surface area (Å²) in [6, 6.07) is 8.92. The summed E-state index contributed by atoms with van der Waals surface area (Å²) in [5.74, 6) is -0.937. The number of hydrogen-bond acceptors (Lipinski definition) is 8. The van der Waals surface area contributed by atoms with Gasteiger partial charge in [0.2, 0.25) is 0 Å². The molecule has 2 aliphatic rings. The quantitative estimate of drug-likeness (QED) is 0.458. The number of aliphatic imine (C=N–C) groups is 1. The van der Waals surface area contributed by atoms with E-state index < -0.39 is 17.0 Å². The molecule has 0 amide bonds. The Kier molecular flexibility index (Phi) is 5.13. The molecule has 0 aliphatic carbocycles. The van der Waals surface area contributed by atoms with Gasteiger partial charge in [-0.2, -0.15) is 0 Å². The van der Waals surface area contributed by atoms with Gasteiger partial charge in [-0.3, -0.25) is 24.9 Å². The van der Waals surface area contributed by atoms with Crippen molar-refractivity contribution in [2.24, 2.45) is 10.9 Å². The van der Waals surface area contributed by atoms with Crippen molar-refractivity contribution < 1.29 is 18.9 Å². The molecule has 2 unspecified atom stereocenters. The Morgan fingerprint density at radius 1 is 1.37 bits per heavy atom. The number of carbonyl (C=O) groups is 1. The number of nitrogens with zero attached hydrogens (tertiary/aromatic N) is 3. The maximum atomic E-state index is 12.5. The number of ether oxygens (including phenoxy) is 1. The lowest BCUT2D eigenvalue weighted by Crippen LogP contribution is -2.40. The van der Waals surface area contributed by atoms with Gasteiger partial charge in [0.05, 0.1) is 18.4 Å². The van der Waals surface area contributed by atoms with E-state index in [-0.39, 0.29) is 24.2 Å². The van der Waals surface area contributed by atoms with E-state index in [0.29, 0.717) is 12.3 Å². The molecule has 0 bridgehead atoms. The Labute approximate surface area is 173 Å². The molecule has 156 valence electrons. The third-order valence-corrected chi connectivity index (χ3v) is 5.18. The van der Waals surface area contributed by atoms with Crippen LogP contribution in [0.15, 0.2) is 45.8 Å². The minimum absolute atomic E-state index is 0.276. The largest absolute Gasteiger partial charge is 0.466 e. The van der Waals surface area contributed by atoms with Crippen molar-refractivity contribution in [3.8, 4) is 0 Å². The van der Waals surface area contributed by atoms with Crippen molar-refractivity contribution in [1.29, 1.82) is 0 Å². The standard InChI is InChI=1S/C21H22N4O5/c1-4-29-21(26)15-11-22-24-17(14-6-5-12(2)9-13(14)3)10-16(23-20(15)24)18-7-8-19(30-18)25(27)28/h5-10,15,20,22H,4,11H2,1-3H3. The van der Waals surface area contributed by atoms with E-state index in [2.05, 4.69) is 16.5 Å². The molecule has 1 aromatic carbocycles. The lowest BCUT2D eigenvalue weighted by Gasteiger charge is -2.32. The van der Waals surface area contributed by atoms with E-state index >= 15 is 0 Å². The molecule has 3 heterocycles. The van der Waals surface area contributed by atoms with Crippen molar-refractivity contribution in [1.82, 2.24) is 10.4 Å². The molecule has 1 fully saturated rings. The summed E-state index contributed by atoms with van der Waals surface area (Å²) in [6.07, 6.45) is 1.26. The normalized spacial score (nSPS) is 20.4. The van der Waals surface area contributed by atoms with Crippen LogP contribution in [0.1, 0.15) is 29.4 Å². The Balaban J connectivity index is 1.80. The Morgan fingerprint density at radius 3 is 2.83 bits per heavy atom. The van der Waals surface area contributed by atoms with E-state index in [9.17, 15) is 14.9 Å². The molecule has 2 aromatic rings.